The smallest absolute Gasteiger partial charge is 0.408 e. The van der Waals surface area contributed by atoms with Gasteiger partial charge in [-0.3, -0.25) is 19.4 Å². The van der Waals surface area contributed by atoms with Crippen molar-refractivity contribution in [1.82, 2.24) is 19.7 Å². The third-order valence-electron chi connectivity index (χ3n) is 5.02. The van der Waals surface area contributed by atoms with E-state index in [4.69, 9.17) is 9.72 Å². The molecule has 3 aromatic rings. The van der Waals surface area contributed by atoms with Gasteiger partial charge in [-0.2, -0.15) is 18.3 Å². The Kier molecular flexibility index (Phi) is 5.16. The molecular formula is C21H20F3N5O2. The van der Waals surface area contributed by atoms with E-state index < -0.39 is 18.8 Å². The zero-order chi connectivity index (χ0) is 22.3. The molecule has 4 heterocycles. The Bertz CT molecular complexity index is 1140. The summed E-state index contributed by atoms with van der Waals surface area (Å²) in [6.07, 6.45) is 1.36. The third kappa shape index (κ3) is 3.97. The van der Waals surface area contributed by atoms with Gasteiger partial charge in [-0.05, 0) is 38.5 Å². The first-order chi connectivity index (χ1) is 14.7. The van der Waals surface area contributed by atoms with Crippen LogP contribution in [0.15, 0.2) is 36.9 Å². The van der Waals surface area contributed by atoms with Gasteiger partial charge in [0.05, 0.1) is 47.7 Å². The van der Waals surface area contributed by atoms with Crippen LogP contribution in [0.2, 0.25) is 0 Å². The highest BCUT2D eigenvalue weighted by molar-refractivity contribution is 6.11. The monoisotopic (exact) mass is 431 g/mol. The summed E-state index contributed by atoms with van der Waals surface area (Å²) in [5.41, 5.74) is 3.41. The Morgan fingerprint density at radius 1 is 1.19 bits per heavy atom. The van der Waals surface area contributed by atoms with Gasteiger partial charge in [0.1, 0.15) is 12.3 Å². The molecule has 7 nitrogen and oxygen atoms in total. The molecule has 162 valence electrons. The number of pyridine rings is 2. The minimum atomic E-state index is -4.40. The van der Waals surface area contributed by atoms with Crippen LogP contribution in [0.25, 0.3) is 11.3 Å². The first kappa shape index (κ1) is 20.8. The molecule has 0 spiro atoms. The van der Waals surface area contributed by atoms with Crippen LogP contribution in [0, 0.1) is 6.92 Å². The molecule has 3 aromatic heterocycles. The van der Waals surface area contributed by atoms with Crippen molar-refractivity contribution in [3.63, 3.8) is 0 Å². The van der Waals surface area contributed by atoms with Crippen LogP contribution in [0.3, 0.4) is 0 Å². The van der Waals surface area contributed by atoms with Gasteiger partial charge in [0, 0.05) is 18.0 Å². The fourth-order valence-corrected chi connectivity index (χ4v) is 3.74. The first-order valence-electron chi connectivity index (χ1n) is 9.70. The van der Waals surface area contributed by atoms with Gasteiger partial charge in [0.25, 0.3) is 5.91 Å². The molecule has 31 heavy (non-hydrogen) atoms. The second-order valence-electron chi connectivity index (χ2n) is 7.29. The summed E-state index contributed by atoms with van der Waals surface area (Å²) in [5.74, 6) is 0.301. The SMILES string of the molecule is CCOc1cncc(-c2cc(C)c3c(n2)[C@H](C)N(c2cnn(CC(F)(F)F)c2)C3=O)c1. The number of aryl methyl sites for hydroxylation is 1. The molecular weight excluding hydrogens is 411 g/mol. The van der Waals surface area contributed by atoms with Gasteiger partial charge in [0.2, 0.25) is 0 Å². The fourth-order valence-electron chi connectivity index (χ4n) is 3.74. The second kappa shape index (κ2) is 7.68. The molecule has 0 saturated carbocycles. The normalized spacial score (nSPS) is 16.0. The Morgan fingerprint density at radius 2 is 1.97 bits per heavy atom. The third-order valence-corrected chi connectivity index (χ3v) is 5.02. The van der Waals surface area contributed by atoms with Crippen LogP contribution >= 0.6 is 0 Å². The molecule has 0 radical (unpaired) electrons. The van der Waals surface area contributed by atoms with E-state index in [2.05, 4.69) is 10.1 Å². The van der Waals surface area contributed by atoms with Crippen LogP contribution in [0.4, 0.5) is 18.9 Å². The van der Waals surface area contributed by atoms with E-state index in [1.165, 1.54) is 17.3 Å². The van der Waals surface area contributed by atoms with Crippen LogP contribution in [-0.4, -0.2) is 38.4 Å². The van der Waals surface area contributed by atoms with E-state index in [1.807, 2.05) is 19.9 Å². The Morgan fingerprint density at radius 3 is 2.68 bits per heavy atom. The van der Waals surface area contributed by atoms with Gasteiger partial charge >= 0.3 is 6.18 Å². The summed E-state index contributed by atoms with van der Waals surface area (Å²) >= 11 is 0. The van der Waals surface area contributed by atoms with Crippen molar-refractivity contribution in [2.45, 2.75) is 39.5 Å². The molecule has 0 fully saturated rings. The Labute approximate surface area is 176 Å². The predicted molar refractivity (Wildman–Crippen MR) is 107 cm³/mol. The largest absolute Gasteiger partial charge is 0.492 e. The maximum absolute atomic E-state index is 13.1. The molecule has 0 N–H and O–H groups in total. The lowest BCUT2D eigenvalue weighted by atomic mass is 10.0. The van der Waals surface area contributed by atoms with E-state index in [1.54, 1.807) is 25.4 Å². The summed E-state index contributed by atoms with van der Waals surface area (Å²) in [6.45, 7) is 4.76. The predicted octanol–water partition coefficient (Wildman–Crippen LogP) is 4.33. The highest BCUT2D eigenvalue weighted by Crippen LogP contribution is 2.39. The lowest BCUT2D eigenvalue weighted by Gasteiger charge is -2.19. The summed E-state index contributed by atoms with van der Waals surface area (Å²) in [6, 6.07) is 3.16. The number of anilines is 1. The standard InChI is InChI=1S/C21H20F3N5O2/c1-4-31-16-6-14(7-25-9-16)17-5-12(2)18-19(27-17)13(3)29(20(18)30)15-8-26-28(10-15)11-21(22,23)24/h5-10,13H,4,11H2,1-3H3/t13-/m0/s1. The topological polar surface area (TPSA) is 73.1 Å². The lowest BCUT2D eigenvalue weighted by molar-refractivity contribution is -0.142. The molecule has 0 bridgehead atoms. The van der Waals surface area contributed by atoms with Crippen LogP contribution < -0.4 is 9.64 Å². The number of carbonyl (C=O) groups is 1. The van der Waals surface area contributed by atoms with Crippen molar-refractivity contribution in [2.75, 3.05) is 11.5 Å². The Hall–Kier alpha value is -3.43. The minimum Gasteiger partial charge on any atom is -0.492 e. The van der Waals surface area contributed by atoms with Crippen molar-refractivity contribution >= 4 is 11.6 Å². The zero-order valence-electron chi connectivity index (χ0n) is 17.1. The first-order valence-corrected chi connectivity index (χ1v) is 9.70. The number of fused-ring (bicyclic) bond motifs is 1. The molecule has 1 aliphatic rings. The number of carbonyl (C=O) groups excluding carboxylic acids is 1. The highest BCUT2D eigenvalue weighted by atomic mass is 19.4. The number of aromatic nitrogens is 4. The number of ether oxygens (including phenoxy) is 1. The van der Waals surface area contributed by atoms with Crippen molar-refractivity contribution in [2.24, 2.45) is 0 Å². The number of nitrogens with zero attached hydrogens (tertiary/aromatic N) is 5. The van der Waals surface area contributed by atoms with E-state index in [0.717, 1.165) is 15.8 Å². The van der Waals surface area contributed by atoms with Crippen molar-refractivity contribution in [1.29, 1.82) is 0 Å². The molecule has 10 heteroatoms. The van der Waals surface area contributed by atoms with Gasteiger partial charge < -0.3 is 4.74 Å². The molecule has 1 aliphatic heterocycles. The van der Waals surface area contributed by atoms with Crippen molar-refractivity contribution in [3.8, 4) is 17.0 Å². The highest BCUT2D eigenvalue weighted by Gasteiger charge is 2.39. The summed E-state index contributed by atoms with van der Waals surface area (Å²) in [4.78, 5) is 23.4. The maximum atomic E-state index is 13.1. The van der Waals surface area contributed by atoms with Crippen LogP contribution in [0.1, 0.15) is 41.5 Å². The number of halogens is 3. The Balaban J connectivity index is 1.69. The number of hydrogen-bond acceptors (Lipinski definition) is 5. The summed E-state index contributed by atoms with van der Waals surface area (Å²) < 4.78 is 44.3. The molecule has 1 atom stereocenters. The average molecular weight is 431 g/mol. The van der Waals surface area contributed by atoms with E-state index in [9.17, 15) is 18.0 Å². The molecule has 0 aliphatic carbocycles. The minimum absolute atomic E-state index is 0.292. The van der Waals surface area contributed by atoms with E-state index >= 15 is 0 Å². The molecule has 1 amide bonds. The number of rotatable bonds is 5. The molecule has 0 aromatic carbocycles. The fraction of sp³-hybridized carbons (Fsp3) is 0.333. The quantitative estimate of drug-likeness (QED) is 0.601. The van der Waals surface area contributed by atoms with Gasteiger partial charge in [-0.25, -0.2) is 4.98 Å². The second-order valence-corrected chi connectivity index (χ2v) is 7.29. The van der Waals surface area contributed by atoms with Crippen LogP contribution in [-0.2, 0) is 6.54 Å². The number of amides is 1. The average Bonchev–Trinajstić information content (AvgIpc) is 3.23. The van der Waals surface area contributed by atoms with Crippen molar-refractivity contribution in [3.05, 3.63) is 53.7 Å². The number of hydrogen-bond donors (Lipinski definition) is 0. The lowest BCUT2D eigenvalue weighted by Crippen LogP contribution is -2.26. The van der Waals surface area contributed by atoms with Gasteiger partial charge in [-0.1, -0.05) is 0 Å². The zero-order valence-corrected chi connectivity index (χ0v) is 17.1. The molecule has 4 rings (SSSR count). The van der Waals surface area contributed by atoms with Gasteiger partial charge in [-0.15, -0.1) is 0 Å². The summed E-state index contributed by atoms with van der Waals surface area (Å²) in [7, 11) is 0. The van der Waals surface area contributed by atoms with Crippen LogP contribution in [0.5, 0.6) is 5.75 Å². The van der Waals surface area contributed by atoms with Gasteiger partial charge in [0.15, 0.2) is 0 Å². The molecule has 0 unspecified atom stereocenters. The van der Waals surface area contributed by atoms with Crippen molar-refractivity contribution < 1.29 is 22.7 Å². The maximum Gasteiger partial charge on any atom is 0.408 e. The van der Waals surface area contributed by atoms with E-state index in [-0.39, 0.29) is 5.91 Å². The van der Waals surface area contributed by atoms with E-state index in [0.29, 0.717) is 35.0 Å². The number of alkyl halides is 3. The summed E-state index contributed by atoms with van der Waals surface area (Å²) in [5, 5.41) is 3.75. The molecule has 0 saturated heterocycles.